The molecule has 0 aliphatic rings. The van der Waals surface area contributed by atoms with Gasteiger partial charge >= 0.3 is 0 Å². The molecule has 2 aromatic rings. The SMILES string of the molecule is CCOc1ccc(C=Nc2ccccc2)cc1I. The molecule has 0 spiro atoms. The van der Waals surface area contributed by atoms with Gasteiger partial charge in [0.25, 0.3) is 0 Å². The number of para-hydroxylation sites is 1. The summed E-state index contributed by atoms with van der Waals surface area (Å²) < 4.78 is 6.61. The molecule has 0 fully saturated rings. The van der Waals surface area contributed by atoms with Crippen LogP contribution in [0.1, 0.15) is 12.5 Å². The molecule has 2 rings (SSSR count). The molecule has 0 aromatic heterocycles. The summed E-state index contributed by atoms with van der Waals surface area (Å²) in [7, 11) is 0. The number of ether oxygens (including phenoxy) is 1. The fraction of sp³-hybridized carbons (Fsp3) is 0.133. The smallest absolute Gasteiger partial charge is 0.132 e. The van der Waals surface area contributed by atoms with Crippen molar-refractivity contribution < 1.29 is 4.74 Å². The minimum absolute atomic E-state index is 0.688. The highest BCUT2D eigenvalue weighted by atomic mass is 127. The molecule has 0 aliphatic carbocycles. The van der Waals surface area contributed by atoms with E-state index in [2.05, 4.69) is 33.6 Å². The van der Waals surface area contributed by atoms with Crippen molar-refractivity contribution >= 4 is 34.5 Å². The van der Waals surface area contributed by atoms with Crippen molar-refractivity contribution in [3.8, 4) is 5.75 Å². The van der Waals surface area contributed by atoms with Gasteiger partial charge < -0.3 is 4.74 Å². The van der Waals surface area contributed by atoms with Crippen LogP contribution in [0.15, 0.2) is 53.5 Å². The monoisotopic (exact) mass is 351 g/mol. The zero-order valence-corrected chi connectivity index (χ0v) is 12.3. The summed E-state index contributed by atoms with van der Waals surface area (Å²) in [6.45, 7) is 2.67. The fourth-order valence-corrected chi connectivity index (χ4v) is 2.23. The van der Waals surface area contributed by atoms with Crippen LogP contribution in [0.25, 0.3) is 0 Å². The van der Waals surface area contributed by atoms with E-state index in [4.69, 9.17) is 4.74 Å². The molecule has 0 N–H and O–H groups in total. The van der Waals surface area contributed by atoms with Crippen LogP contribution in [0, 0.1) is 3.57 Å². The lowest BCUT2D eigenvalue weighted by atomic mass is 10.2. The van der Waals surface area contributed by atoms with Gasteiger partial charge in [0.15, 0.2) is 0 Å². The van der Waals surface area contributed by atoms with Gasteiger partial charge in [-0.1, -0.05) is 18.2 Å². The topological polar surface area (TPSA) is 21.6 Å². The van der Waals surface area contributed by atoms with Gasteiger partial charge in [-0.05, 0) is 65.4 Å². The summed E-state index contributed by atoms with van der Waals surface area (Å²) in [5.41, 5.74) is 2.04. The van der Waals surface area contributed by atoms with Crippen molar-refractivity contribution in [2.75, 3.05) is 6.61 Å². The first-order valence-corrected chi connectivity index (χ1v) is 6.89. The third kappa shape index (κ3) is 3.57. The lowest BCUT2D eigenvalue weighted by molar-refractivity contribution is 0.338. The zero-order chi connectivity index (χ0) is 12.8. The number of benzene rings is 2. The third-order valence-corrected chi connectivity index (χ3v) is 3.22. The van der Waals surface area contributed by atoms with E-state index in [0.717, 1.165) is 20.6 Å². The first kappa shape index (κ1) is 13.1. The molecule has 92 valence electrons. The molecule has 0 bridgehead atoms. The number of nitrogens with zero attached hydrogens (tertiary/aromatic N) is 1. The van der Waals surface area contributed by atoms with E-state index in [9.17, 15) is 0 Å². The molecule has 0 unspecified atom stereocenters. The molecule has 0 saturated carbocycles. The molecule has 0 aliphatic heterocycles. The molecule has 18 heavy (non-hydrogen) atoms. The largest absolute Gasteiger partial charge is 0.493 e. The van der Waals surface area contributed by atoms with Gasteiger partial charge in [0.05, 0.1) is 15.9 Å². The maximum Gasteiger partial charge on any atom is 0.132 e. The Morgan fingerprint density at radius 3 is 2.61 bits per heavy atom. The van der Waals surface area contributed by atoms with Crippen LogP contribution in [-0.2, 0) is 0 Å². The maximum absolute atomic E-state index is 5.50. The highest BCUT2D eigenvalue weighted by Gasteiger charge is 2.00. The highest BCUT2D eigenvalue weighted by molar-refractivity contribution is 14.1. The van der Waals surface area contributed by atoms with Crippen molar-refractivity contribution in [2.45, 2.75) is 6.92 Å². The minimum Gasteiger partial charge on any atom is -0.493 e. The van der Waals surface area contributed by atoms with Gasteiger partial charge in [-0.15, -0.1) is 0 Å². The lowest BCUT2D eigenvalue weighted by Gasteiger charge is -2.05. The Morgan fingerprint density at radius 1 is 1.17 bits per heavy atom. The van der Waals surface area contributed by atoms with Gasteiger partial charge in [0, 0.05) is 6.21 Å². The molecule has 0 saturated heterocycles. The molecular weight excluding hydrogens is 337 g/mol. The van der Waals surface area contributed by atoms with Gasteiger partial charge in [0.2, 0.25) is 0 Å². The molecule has 0 amide bonds. The van der Waals surface area contributed by atoms with Gasteiger partial charge in [-0.2, -0.15) is 0 Å². The Balaban J connectivity index is 2.15. The van der Waals surface area contributed by atoms with E-state index in [1.807, 2.05) is 55.6 Å². The van der Waals surface area contributed by atoms with Crippen LogP contribution in [0.5, 0.6) is 5.75 Å². The minimum atomic E-state index is 0.688. The number of aliphatic imine (C=N–C) groups is 1. The standard InChI is InChI=1S/C15H14INO/c1-2-18-15-9-8-12(10-14(15)16)11-17-13-6-4-3-5-7-13/h3-11H,2H2,1H3. The first-order chi connectivity index (χ1) is 8.79. The Kier molecular flexibility index (Phi) is 4.75. The molecule has 2 nitrogen and oxygen atoms in total. The van der Waals surface area contributed by atoms with Gasteiger partial charge in [-0.25, -0.2) is 0 Å². The zero-order valence-electron chi connectivity index (χ0n) is 10.1. The van der Waals surface area contributed by atoms with Crippen molar-refractivity contribution in [1.29, 1.82) is 0 Å². The summed E-state index contributed by atoms with van der Waals surface area (Å²) in [5.74, 6) is 0.926. The number of hydrogen-bond donors (Lipinski definition) is 0. The van der Waals surface area contributed by atoms with Gasteiger partial charge in [0.1, 0.15) is 5.75 Å². The summed E-state index contributed by atoms with van der Waals surface area (Å²) in [6.07, 6.45) is 1.87. The molecule has 3 heteroatoms. The average molecular weight is 351 g/mol. The number of halogens is 1. The fourth-order valence-electron chi connectivity index (χ4n) is 1.53. The maximum atomic E-state index is 5.50. The Labute approximate surface area is 121 Å². The predicted octanol–water partition coefficient (Wildman–Crippen LogP) is 4.44. The summed E-state index contributed by atoms with van der Waals surface area (Å²) in [4.78, 5) is 4.42. The second-order valence-corrected chi connectivity index (χ2v) is 4.88. The summed E-state index contributed by atoms with van der Waals surface area (Å²) in [6, 6.07) is 16.0. The van der Waals surface area contributed by atoms with Gasteiger partial charge in [-0.3, -0.25) is 4.99 Å². The summed E-state index contributed by atoms with van der Waals surface area (Å²) in [5, 5.41) is 0. The number of hydrogen-bond acceptors (Lipinski definition) is 2. The second-order valence-electron chi connectivity index (χ2n) is 3.72. The first-order valence-electron chi connectivity index (χ1n) is 5.81. The van der Waals surface area contributed by atoms with Crippen molar-refractivity contribution in [2.24, 2.45) is 4.99 Å². The van der Waals surface area contributed by atoms with Crippen molar-refractivity contribution in [3.63, 3.8) is 0 Å². The van der Waals surface area contributed by atoms with Crippen LogP contribution in [0.3, 0.4) is 0 Å². The number of rotatable bonds is 4. The van der Waals surface area contributed by atoms with Crippen molar-refractivity contribution in [1.82, 2.24) is 0 Å². The third-order valence-electron chi connectivity index (χ3n) is 2.37. The predicted molar refractivity (Wildman–Crippen MR) is 84.0 cm³/mol. The normalized spacial score (nSPS) is 10.8. The van der Waals surface area contributed by atoms with E-state index in [-0.39, 0.29) is 0 Å². The Bertz CT molecular complexity index is 537. The summed E-state index contributed by atoms with van der Waals surface area (Å²) >= 11 is 2.28. The van der Waals surface area contributed by atoms with Crippen LogP contribution in [-0.4, -0.2) is 12.8 Å². The molecule has 0 atom stereocenters. The van der Waals surface area contributed by atoms with E-state index in [0.29, 0.717) is 6.61 Å². The quantitative estimate of drug-likeness (QED) is 0.590. The Morgan fingerprint density at radius 2 is 1.94 bits per heavy atom. The van der Waals surface area contributed by atoms with Crippen LogP contribution in [0.4, 0.5) is 5.69 Å². The van der Waals surface area contributed by atoms with Crippen LogP contribution >= 0.6 is 22.6 Å². The molecule has 0 radical (unpaired) electrons. The molecule has 0 heterocycles. The van der Waals surface area contributed by atoms with E-state index in [1.165, 1.54) is 0 Å². The van der Waals surface area contributed by atoms with E-state index in [1.54, 1.807) is 0 Å². The van der Waals surface area contributed by atoms with Crippen LogP contribution < -0.4 is 4.74 Å². The Hall–Kier alpha value is -1.36. The highest BCUT2D eigenvalue weighted by Crippen LogP contribution is 2.21. The lowest BCUT2D eigenvalue weighted by Crippen LogP contribution is -1.94. The molecular formula is C15H14INO. The van der Waals surface area contributed by atoms with Crippen LogP contribution in [0.2, 0.25) is 0 Å². The van der Waals surface area contributed by atoms with E-state index >= 15 is 0 Å². The van der Waals surface area contributed by atoms with Crippen molar-refractivity contribution in [3.05, 3.63) is 57.7 Å². The average Bonchev–Trinajstić information content (AvgIpc) is 2.41. The van der Waals surface area contributed by atoms with E-state index < -0.39 is 0 Å². The second kappa shape index (κ2) is 6.54. The molecule has 2 aromatic carbocycles.